The molecule has 0 aliphatic carbocycles. The summed E-state index contributed by atoms with van der Waals surface area (Å²) >= 11 is 0. The molecule has 0 aromatic carbocycles. The van der Waals surface area contributed by atoms with Crippen LogP contribution in [0, 0.1) is 0 Å². The molecule has 0 radical (unpaired) electrons. The fraction of sp³-hybridized carbons (Fsp3) is 0.952. The van der Waals surface area contributed by atoms with E-state index in [4.69, 9.17) is 14.2 Å². The second-order valence-corrected chi connectivity index (χ2v) is 21.3. The highest BCUT2D eigenvalue weighted by Crippen LogP contribution is 2.18. The first-order chi connectivity index (χ1) is 33.5. The van der Waals surface area contributed by atoms with E-state index in [1.54, 1.807) is 0 Å². The Kier molecular flexibility index (Phi) is 56.6. The lowest BCUT2D eigenvalue weighted by Crippen LogP contribution is -2.30. The second kappa shape index (κ2) is 58.0. The van der Waals surface area contributed by atoms with E-state index in [1.165, 1.54) is 263 Å². The highest BCUT2D eigenvalue weighted by Gasteiger charge is 2.19. The zero-order chi connectivity index (χ0) is 49.3. The van der Waals surface area contributed by atoms with Crippen LogP contribution in [0.2, 0.25) is 0 Å². The largest absolute Gasteiger partial charge is 0.462 e. The SMILES string of the molecule is CCCCCCCCCCCCCCCCCCCCCCCC(=O)OCC(COC(=O)CCCCCCCCCCCCCCCC)OC(=O)CCCCCCCCCCCCCCCCC. The molecule has 0 bridgehead atoms. The van der Waals surface area contributed by atoms with Crippen molar-refractivity contribution in [1.29, 1.82) is 0 Å². The first-order valence-corrected chi connectivity index (χ1v) is 31.0. The topological polar surface area (TPSA) is 78.9 Å². The average molecular weight is 962 g/mol. The monoisotopic (exact) mass is 961 g/mol. The summed E-state index contributed by atoms with van der Waals surface area (Å²) in [6, 6.07) is 0. The number of carbonyl (C=O) groups excluding carboxylic acids is 3. The van der Waals surface area contributed by atoms with Crippen molar-refractivity contribution in [2.45, 2.75) is 367 Å². The zero-order valence-corrected chi connectivity index (χ0v) is 46.4. The van der Waals surface area contributed by atoms with Gasteiger partial charge in [0.1, 0.15) is 13.2 Å². The van der Waals surface area contributed by atoms with Gasteiger partial charge in [-0.3, -0.25) is 14.4 Å². The molecule has 0 aliphatic rings. The van der Waals surface area contributed by atoms with Crippen LogP contribution in [0.3, 0.4) is 0 Å². The Morgan fingerprint density at radius 1 is 0.235 bits per heavy atom. The Hall–Kier alpha value is -1.59. The second-order valence-electron chi connectivity index (χ2n) is 21.3. The van der Waals surface area contributed by atoms with Gasteiger partial charge in [0, 0.05) is 19.3 Å². The summed E-state index contributed by atoms with van der Waals surface area (Å²) in [5, 5.41) is 0. The van der Waals surface area contributed by atoms with Crippen molar-refractivity contribution < 1.29 is 28.6 Å². The van der Waals surface area contributed by atoms with Crippen molar-refractivity contribution in [3.05, 3.63) is 0 Å². The number of ether oxygens (including phenoxy) is 3. The van der Waals surface area contributed by atoms with Gasteiger partial charge < -0.3 is 14.2 Å². The summed E-state index contributed by atoms with van der Waals surface area (Å²) in [7, 11) is 0. The maximum Gasteiger partial charge on any atom is 0.306 e. The molecule has 6 nitrogen and oxygen atoms in total. The minimum absolute atomic E-state index is 0.0607. The minimum Gasteiger partial charge on any atom is -0.462 e. The van der Waals surface area contributed by atoms with E-state index < -0.39 is 6.10 Å². The van der Waals surface area contributed by atoms with Crippen molar-refractivity contribution >= 4 is 17.9 Å². The van der Waals surface area contributed by atoms with E-state index in [1.807, 2.05) is 0 Å². The molecule has 0 fully saturated rings. The first-order valence-electron chi connectivity index (χ1n) is 31.0. The van der Waals surface area contributed by atoms with Crippen molar-refractivity contribution in [2.75, 3.05) is 13.2 Å². The van der Waals surface area contributed by atoms with Crippen LogP contribution >= 0.6 is 0 Å². The fourth-order valence-electron chi connectivity index (χ4n) is 9.68. The Morgan fingerprint density at radius 3 is 0.588 bits per heavy atom. The smallest absolute Gasteiger partial charge is 0.306 e. The molecule has 0 aliphatic heterocycles. The van der Waals surface area contributed by atoms with Gasteiger partial charge in [-0.25, -0.2) is 0 Å². The molecule has 0 N–H and O–H groups in total. The highest BCUT2D eigenvalue weighted by molar-refractivity contribution is 5.71. The van der Waals surface area contributed by atoms with Gasteiger partial charge >= 0.3 is 17.9 Å². The van der Waals surface area contributed by atoms with E-state index in [2.05, 4.69) is 20.8 Å². The van der Waals surface area contributed by atoms with E-state index in [-0.39, 0.29) is 31.1 Å². The molecule has 1 unspecified atom stereocenters. The Bertz CT molecular complexity index is 1010. The third-order valence-corrected chi connectivity index (χ3v) is 14.4. The predicted molar refractivity (Wildman–Crippen MR) is 294 cm³/mol. The van der Waals surface area contributed by atoms with Crippen LogP contribution in [-0.2, 0) is 28.6 Å². The first kappa shape index (κ1) is 66.4. The number of hydrogen-bond acceptors (Lipinski definition) is 6. The van der Waals surface area contributed by atoms with Crippen LogP contribution in [0.1, 0.15) is 361 Å². The maximum absolute atomic E-state index is 12.9. The zero-order valence-electron chi connectivity index (χ0n) is 46.4. The van der Waals surface area contributed by atoms with Crippen LogP contribution in [0.25, 0.3) is 0 Å². The molecule has 0 aromatic heterocycles. The molecule has 0 amide bonds. The molecule has 6 heteroatoms. The predicted octanol–water partition coefficient (Wildman–Crippen LogP) is 20.7. The molecule has 68 heavy (non-hydrogen) atoms. The van der Waals surface area contributed by atoms with E-state index in [0.717, 1.165) is 57.8 Å². The van der Waals surface area contributed by atoms with Gasteiger partial charge in [0.15, 0.2) is 6.10 Å². The Morgan fingerprint density at radius 2 is 0.397 bits per heavy atom. The van der Waals surface area contributed by atoms with Crippen molar-refractivity contribution in [3.8, 4) is 0 Å². The highest BCUT2D eigenvalue weighted by atomic mass is 16.6. The van der Waals surface area contributed by atoms with Crippen molar-refractivity contribution in [1.82, 2.24) is 0 Å². The van der Waals surface area contributed by atoms with Gasteiger partial charge in [-0.15, -0.1) is 0 Å². The Balaban J connectivity index is 4.24. The van der Waals surface area contributed by atoms with E-state index in [9.17, 15) is 14.4 Å². The molecular weight excluding hydrogens is 841 g/mol. The summed E-state index contributed by atoms with van der Waals surface area (Å²) < 4.78 is 16.9. The Labute approximate surface area is 425 Å². The third-order valence-electron chi connectivity index (χ3n) is 14.4. The van der Waals surface area contributed by atoms with Gasteiger partial charge in [0.2, 0.25) is 0 Å². The number of esters is 3. The van der Waals surface area contributed by atoms with Crippen molar-refractivity contribution in [2.24, 2.45) is 0 Å². The maximum atomic E-state index is 12.9. The lowest BCUT2D eigenvalue weighted by Gasteiger charge is -2.18. The molecule has 1 atom stereocenters. The fourth-order valence-corrected chi connectivity index (χ4v) is 9.68. The molecule has 0 aromatic rings. The molecule has 0 heterocycles. The number of carbonyl (C=O) groups is 3. The molecule has 0 saturated carbocycles. The number of unbranched alkanes of at least 4 members (excludes halogenated alkanes) is 47. The molecule has 0 saturated heterocycles. The number of hydrogen-bond donors (Lipinski definition) is 0. The standard InChI is InChI=1S/C62H120O6/c1-4-7-10-13-16-19-22-25-28-29-30-31-32-33-35-37-40-43-46-49-52-55-61(64)67-58-59(57-66-60(63)54-51-48-45-42-39-36-27-24-21-18-15-12-9-6-3)68-62(65)56-53-50-47-44-41-38-34-26-23-20-17-14-11-8-5-2/h59H,4-58H2,1-3H3. The quantitative estimate of drug-likeness (QED) is 0.0343. The summed E-state index contributed by atoms with van der Waals surface area (Å²) in [5.74, 6) is -0.827. The summed E-state index contributed by atoms with van der Waals surface area (Å²) in [6.07, 6.45) is 65.3. The van der Waals surface area contributed by atoms with Gasteiger partial charge in [0.05, 0.1) is 0 Å². The van der Waals surface area contributed by atoms with Gasteiger partial charge in [-0.1, -0.05) is 323 Å². The van der Waals surface area contributed by atoms with E-state index in [0.29, 0.717) is 19.3 Å². The average Bonchev–Trinajstić information content (AvgIpc) is 3.34. The summed E-state index contributed by atoms with van der Waals surface area (Å²) in [6.45, 7) is 6.72. The lowest BCUT2D eigenvalue weighted by molar-refractivity contribution is -0.167. The normalized spacial score (nSPS) is 11.9. The molecule has 0 spiro atoms. The van der Waals surface area contributed by atoms with Crippen LogP contribution in [0.15, 0.2) is 0 Å². The van der Waals surface area contributed by atoms with Crippen LogP contribution in [-0.4, -0.2) is 37.2 Å². The van der Waals surface area contributed by atoms with Gasteiger partial charge in [0.25, 0.3) is 0 Å². The molecule has 404 valence electrons. The summed E-state index contributed by atoms with van der Waals surface area (Å²) in [5.41, 5.74) is 0. The van der Waals surface area contributed by atoms with Crippen LogP contribution < -0.4 is 0 Å². The van der Waals surface area contributed by atoms with E-state index >= 15 is 0 Å². The number of rotatable bonds is 58. The minimum atomic E-state index is -0.761. The van der Waals surface area contributed by atoms with Gasteiger partial charge in [-0.05, 0) is 19.3 Å². The van der Waals surface area contributed by atoms with Crippen LogP contribution in [0.4, 0.5) is 0 Å². The van der Waals surface area contributed by atoms with Gasteiger partial charge in [-0.2, -0.15) is 0 Å². The molecular formula is C62H120O6. The molecule has 0 rings (SSSR count). The lowest BCUT2D eigenvalue weighted by atomic mass is 10.0. The third kappa shape index (κ3) is 55.3. The van der Waals surface area contributed by atoms with Crippen molar-refractivity contribution in [3.63, 3.8) is 0 Å². The van der Waals surface area contributed by atoms with Crippen LogP contribution in [0.5, 0.6) is 0 Å². The summed E-state index contributed by atoms with van der Waals surface area (Å²) in [4.78, 5) is 38.2.